The number of aliphatic carboxylic acids is 1. The summed E-state index contributed by atoms with van der Waals surface area (Å²) in [5, 5.41) is 30.4. The maximum absolute atomic E-state index is 11.5. The monoisotopic (exact) mass is 689 g/mol. The number of aromatic nitrogens is 2. The minimum Gasteiger partial charge on any atom is -0.481 e. The lowest BCUT2D eigenvalue weighted by Crippen LogP contribution is -2.18. The minimum atomic E-state index is -0.911. The molecule has 1 fully saturated rings. The van der Waals surface area contributed by atoms with E-state index < -0.39 is 11.6 Å². The van der Waals surface area contributed by atoms with Crippen molar-refractivity contribution in [1.82, 2.24) is 9.97 Å². The number of aliphatic hydroxyl groups is 1. The molecule has 5 aromatic rings. The number of carboxylic acid groups (broad SMARTS) is 1. The molecule has 6 nitrogen and oxygen atoms in total. The zero-order valence-corrected chi connectivity index (χ0v) is 29.3. The van der Waals surface area contributed by atoms with Crippen LogP contribution in [0.4, 0.5) is 0 Å². The highest BCUT2D eigenvalue weighted by Gasteiger charge is 2.44. The first-order chi connectivity index (χ1) is 23.5. The first-order valence-electron chi connectivity index (χ1n) is 16.3. The van der Waals surface area contributed by atoms with Gasteiger partial charge in [0.15, 0.2) is 0 Å². The van der Waals surface area contributed by atoms with Crippen LogP contribution in [0, 0.1) is 16.7 Å². The summed E-state index contributed by atoms with van der Waals surface area (Å²) in [6, 6.07) is 31.8. The van der Waals surface area contributed by atoms with Gasteiger partial charge in [-0.05, 0) is 104 Å². The molecule has 49 heavy (non-hydrogen) atoms. The quantitative estimate of drug-likeness (QED) is 0.134. The Kier molecular flexibility index (Phi) is 11.9. The molecule has 0 bridgehead atoms. The highest BCUT2D eigenvalue weighted by Crippen LogP contribution is 2.53. The van der Waals surface area contributed by atoms with Crippen molar-refractivity contribution in [2.24, 2.45) is 5.41 Å². The van der Waals surface area contributed by atoms with Gasteiger partial charge in [-0.25, -0.2) is 4.98 Å². The van der Waals surface area contributed by atoms with Crippen LogP contribution in [0.5, 0.6) is 0 Å². The predicted octanol–water partition coefficient (Wildman–Crippen LogP) is 9.90. The van der Waals surface area contributed by atoms with E-state index in [9.17, 15) is 15.0 Å². The number of carbonyl (C=O) groups is 1. The number of nitrogens with zero attached hydrogens (tertiary/aromatic N) is 3. The summed E-state index contributed by atoms with van der Waals surface area (Å²) >= 11 is 8.04. The van der Waals surface area contributed by atoms with Crippen LogP contribution < -0.4 is 0 Å². The smallest absolute Gasteiger partial charge is 0.303 e. The second kappa shape index (κ2) is 16.3. The highest BCUT2D eigenvalue weighted by atomic mass is 35.5. The third-order valence-electron chi connectivity index (χ3n) is 8.64. The number of halogens is 1. The molecule has 6 rings (SSSR count). The summed E-state index contributed by atoms with van der Waals surface area (Å²) in [5.41, 5.74) is 5.81. The van der Waals surface area contributed by atoms with Gasteiger partial charge in [-0.1, -0.05) is 78.3 Å². The van der Waals surface area contributed by atoms with E-state index in [0.717, 1.165) is 64.7 Å². The third kappa shape index (κ3) is 10.5. The van der Waals surface area contributed by atoms with Gasteiger partial charge in [0.2, 0.25) is 0 Å². The standard InChI is InChI=1S/C35H36ClNO3S.C6H4N2/c1-34(2,40)30-9-4-3-7-25(30)13-17-32(41-23-35(18-19-35)22-33(38)39)27-8-5-6-24(20-27)10-15-29-16-12-26-11-14-28(36)21-31(26)37-29;7-5-6-1-3-8-4-2-6/h3-12,14-16,20-21,32,40H,13,17-19,22-23H2,1-2H3,(H,38,39);1-4H/b15-10+;/t32-;/m1./s1. The van der Waals surface area contributed by atoms with Crippen molar-refractivity contribution in [3.8, 4) is 6.07 Å². The van der Waals surface area contributed by atoms with Crippen LogP contribution in [0.1, 0.15) is 78.3 Å². The van der Waals surface area contributed by atoms with E-state index in [0.29, 0.717) is 10.6 Å². The summed E-state index contributed by atoms with van der Waals surface area (Å²) in [4.78, 5) is 20.0. The van der Waals surface area contributed by atoms with Crippen molar-refractivity contribution >= 4 is 52.4 Å². The van der Waals surface area contributed by atoms with Crippen LogP contribution >= 0.6 is 23.4 Å². The summed E-state index contributed by atoms with van der Waals surface area (Å²) in [6.45, 7) is 3.66. The molecular weight excluding hydrogens is 650 g/mol. The Morgan fingerprint density at radius 2 is 1.78 bits per heavy atom. The van der Waals surface area contributed by atoms with Gasteiger partial charge in [-0.3, -0.25) is 9.78 Å². The van der Waals surface area contributed by atoms with Gasteiger partial charge in [0, 0.05) is 33.8 Å². The maximum atomic E-state index is 11.5. The van der Waals surface area contributed by atoms with E-state index in [-0.39, 0.29) is 17.1 Å². The molecule has 0 aliphatic heterocycles. The molecule has 0 unspecified atom stereocenters. The minimum absolute atomic E-state index is 0.0814. The molecule has 2 N–H and O–H groups in total. The van der Waals surface area contributed by atoms with Crippen molar-refractivity contribution in [2.75, 3.05) is 5.75 Å². The zero-order valence-electron chi connectivity index (χ0n) is 27.7. The van der Waals surface area contributed by atoms with Gasteiger partial charge >= 0.3 is 5.97 Å². The first-order valence-corrected chi connectivity index (χ1v) is 17.7. The topological polar surface area (TPSA) is 107 Å². The summed E-state index contributed by atoms with van der Waals surface area (Å²) < 4.78 is 0. The Morgan fingerprint density at radius 1 is 1.02 bits per heavy atom. The summed E-state index contributed by atoms with van der Waals surface area (Å²) in [6.07, 6.45) is 11.2. The Hall–Kier alpha value is -4.48. The van der Waals surface area contributed by atoms with Gasteiger partial charge < -0.3 is 10.2 Å². The number of pyridine rings is 2. The molecule has 1 aliphatic rings. The third-order valence-corrected chi connectivity index (χ3v) is 10.6. The number of thioether (sulfide) groups is 1. The number of benzene rings is 3. The maximum Gasteiger partial charge on any atom is 0.303 e. The summed E-state index contributed by atoms with van der Waals surface area (Å²) in [7, 11) is 0. The Labute approximate surface area is 297 Å². The van der Waals surface area contributed by atoms with Crippen molar-refractivity contribution in [3.05, 3.63) is 142 Å². The van der Waals surface area contributed by atoms with Gasteiger partial charge in [0.05, 0.1) is 34.9 Å². The number of fused-ring (bicyclic) bond motifs is 1. The number of hydrogen-bond donors (Lipinski definition) is 2. The van der Waals surface area contributed by atoms with Crippen LogP contribution in [0.15, 0.2) is 103 Å². The normalized spacial score (nSPS) is 14.1. The average Bonchev–Trinajstić information content (AvgIpc) is 3.86. The SMILES string of the molecule is CC(C)(O)c1ccccc1CC[C@@H](SCC1(CC(=O)O)CC1)c1cccc(/C=C/c2ccc3ccc(Cl)cc3n2)c1.N#Cc1ccncc1. The molecule has 0 saturated heterocycles. The molecule has 250 valence electrons. The predicted molar refractivity (Wildman–Crippen MR) is 200 cm³/mol. The zero-order chi connectivity index (χ0) is 34.9. The van der Waals surface area contributed by atoms with E-state index >= 15 is 0 Å². The second-order valence-corrected chi connectivity index (χ2v) is 14.7. The van der Waals surface area contributed by atoms with E-state index in [1.807, 2.05) is 80.2 Å². The van der Waals surface area contributed by atoms with Crippen molar-refractivity contribution in [3.63, 3.8) is 0 Å². The lowest BCUT2D eigenvalue weighted by atomic mass is 9.90. The fraction of sp³-hybridized carbons (Fsp3) is 0.268. The number of aryl methyl sites for hydroxylation is 1. The molecule has 2 heterocycles. The van der Waals surface area contributed by atoms with Crippen molar-refractivity contribution < 1.29 is 15.0 Å². The lowest BCUT2D eigenvalue weighted by Gasteiger charge is -2.24. The molecule has 1 atom stereocenters. The number of carboxylic acids is 1. The largest absolute Gasteiger partial charge is 0.481 e. The average molecular weight is 690 g/mol. The van der Waals surface area contributed by atoms with E-state index in [4.69, 9.17) is 21.8 Å². The van der Waals surface area contributed by atoms with Gasteiger partial charge in [-0.2, -0.15) is 17.0 Å². The van der Waals surface area contributed by atoms with Crippen LogP contribution in [0.2, 0.25) is 5.02 Å². The second-order valence-electron chi connectivity index (χ2n) is 13.0. The fourth-order valence-corrected chi connectivity index (χ4v) is 7.52. The van der Waals surface area contributed by atoms with Crippen molar-refractivity contribution in [2.45, 2.75) is 56.8 Å². The van der Waals surface area contributed by atoms with Gasteiger partial charge in [0.25, 0.3) is 0 Å². The van der Waals surface area contributed by atoms with E-state index in [2.05, 4.69) is 47.5 Å². The number of hydrogen-bond acceptors (Lipinski definition) is 6. The molecule has 8 heteroatoms. The Bertz CT molecular complexity index is 1960. The first kappa shape index (κ1) is 35.8. The molecule has 0 spiro atoms. The number of nitriles is 1. The highest BCUT2D eigenvalue weighted by molar-refractivity contribution is 7.99. The molecule has 0 radical (unpaired) electrons. The molecule has 0 amide bonds. The fourth-order valence-electron chi connectivity index (χ4n) is 5.78. The van der Waals surface area contributed by atoms with Crippen LogP contribution in [0.25, 0.3) is 23.1 Å². The van der Waals surface area contributed by atoms with Gasteiger partial charge in [-0.15, -0.1) is 0 Å². The Morgan fingerprint density at radius 3 is 2.47 bits per heavy atom. The van der Waals surface area contributed by atoms with Crippen LogP contribution in [-0.2, 0) is 16.8 Å². The molecule has 3 aromatic carbocycles. The van der Waals surface area contributed by atoms with Crippen LogP contribution in [-0.4, -0.2) is 31.9 Å². The molecular formula is C41H40ClN3O3S. The Balaban J connectivity index is 0.000000514. The molecule has 1 aliphatic carbocycles. The summed E-state index contributed by atoms with van der Waals surface area (Å²) in [5.74, 6) is 0.122. The number of rotatable bonds is 12. The lowest BCUT2D eigenvalue weighted by molar-refractivity contribution is -0.138. The van der Waals surface area contributed by atoms with E-state index in [1.54, 1.807) is 24.5 Å². The van der Waals surface area contributed by atoms with E-state index in [1.165, 1.54) is 5.56 Å². The molecule has 2 aromatic heterocycles. The van der Waals surface area contributed by atoms with Crippen molar-refractivity contribution in [1.29, 1.82) is 5.26 Å². The molecule has 1 saturated carbocycles. The van der Waals surface area contributed by atoms with Crippen LogP contribution in [0.3, 0.4) is 0 Å². The van der Waals surface area contributed by atoms with Gasteiger partial charge in [0.1, 0.15) is 0 Å².